The molecular weight excluding hydrogens is 481 g/mol. The van der Waals surface area contributed by atoms with Crippen molar-refractivity contribution in [3.05, 3.63) is 47.9 Å². The summed E-state index contributed by atoms with van der Waals surface area (Å²) in [5.41, 5.74) is 0.297. The number of ether oxygens (including phenoxy) is 2. The van der Waals surface area contributed by atoms with Crippen LogP contribution in [0.3, 0.4) is 0 Å². The number of methoxy groups -OCH3 is 2. The minimum Gasteiger partial charge on any atom is -0.497 e. The van der Waals surface area contributed by atoms with E-state index in [1.54, 1.807) is 18.2 Å². The fourth-order valence-electron chi connectivity index (χ4n) is 2.91. The Bertz CT molecular complexity index is 1310. The van der Waals surface area contributed by atoms with E-state index < -0.39 is 38.7 Å². The van der Waals surface area contributed by atoms with E-state index >= 15 is 0 Å². The summed E-state index contributed by atoms with van der Waals surface area (Å²) in [6, 6.07) is 8.29. The maximum atomic E-state index is 13.2. The van der Waals surface area contributed by atoms with Gasteiger partial charge in [-0.05, 0) is 24.3 Å². The fraction of sp³-hybridized carbons (Fsp3) is 0.250. The van der Waals surface area contributed by atoms with Gasteiger partial charge in [-0.25, -0.2) is 13.1 Å². The number of carbonyl (C=O) groups excluding carboxylic acids is 1. The molecule has 0 aliphatic rings. The molecule has 10 nitrogen and oxygen atoms in total. The number of nitrogens with zero attached hydrogens (tertiary/aromatic N) is 2. The Morgan fingerprint density at radius 1 is 1.12 bits per heavy atom. The van der Waals surface area contributed by atoms with Crippen molar-refractivity contribution in [1.29, 1.82) is 0 Å². The van der Waals surface area contributed by atoms with Gasteiger partial charge in [0.25, 0.3) is 0 Å². The Balaban J connectivity index is 2.01. The predicted octanol–water partition coefficient (Wildman–Crippen LogP) is 3.21. The summed E-state index contributed by atoms with van der Waals surface area (Å²) in [5.74, 6) is -1.86. The van der Waals surface area contributed by atoms with Gasteiger partial charge >= 0.3 is 12.1 Å². The van der Waals surface area contributed by atoms with Crippen LogP contribution in [0.4, 0.5) is 18.9 Å². The van der Waals surface area contributed by atoms with Crippen LogP contribution in [-0.4, -0.2) is 38.7 Å². The van der Waals surface area contributed by atoms with Crippen molar-refractivity contribution >= 4 is 21.6 Å². The SMILES string of the molecule is COc1ccc(CNS(=O)(=O)c2cc(NC(C)=O)ccc2-c2noc(C(F)(F)F)n2)c(OC)c1. The van der Waals surface area contributed by atoms with Crippen molar-refractivity contribution in [2.24, 2.45) is 0 Å². The molecule has 0 saturated carbocycles. The summed E-state index contributed by atoms with van der Waals surface area (Å²) in [5, 5.41) is 5.68. The molecule has 0 fully saturated rings. The molecule has 1 aromatic heterocycles. The average molecular weight is 500 g/mol. The number of nitrogens with one attached hydrogen (secondary N) is 2. The largest absolute Gasteiger partial charge is 0.497 e. The van der Waals surface area contributed by atoms with Crippen LogP contribution in [0.1, 0.15) is 18.4 Å². The Kier molecular flexibility index (Phi) is 7.12. The molecular formula is C20H19F3N4O6S. The lowest BCUT2D eigenvalue weighted by Gasteiger charge is -2.14. The highest BCUT2D eigenvalue weighted by atomic mass is 32.2. The maximum absolute atomic E-state index is 13.2. The first-order valence-corrected chi connectivity index (χ1v) is 11.0. The van der Waals surface area contributed by atoms with Crippen LogP contribution < -0.4 is 19.5 Å². The third kappa shape index (κ3) is 5.63. The molecule has 0 aliphatic carbocycles. The number of amides is 1. The zero-order valence-corrected chi connectivity index (χ0v) is 18.9. The average Bonchev–Trinajstić information content (AvgIpc) is 3.28. The first-order chi connectivity index (χ1) is 15.9. The number of anilines is 1. The summed E-state index contributed by atoms with van der Waals surface area (Å²) in [6.07, 6.45) is -4.91. The summed E-state index contributed by atoms with van der Waals surface area (Å²) >= 11 is 0. The number of hydrogen-bond acceptors (Lipinski definition) is 8. The number of sulfonamides is 1. The monoisotopic (exact) mass is 500 g/mol. The van der Waals surface area contributed by atoms with Gasteiger partial charge in [0.05, 0.1) is 19.1 Å². The highest BCUT2D eigenvalue weighted by Gasteiger charge is 2.39. The molecule has 182 valence electrons. The number of carbonyl (C=O) groups is 1. The van der Waals surface area contributed by atoms with E-state index in [-0.39, 0.29) is 17.8 Å². The van der Waals surface area contributed by atoms with Crippen molar-refractivity contribution in [2.45, 2.75) is 24.5 Å². The van der Waals surface area contributed by atoms with Gasteiger partial charge in [-0.3, -0.25) is 4.79 Å². The third-order valence-corrected chi connectivity index (χ3v) is 5.89. The maximum Gasteiger partial charge on any atom is 0.471 e. The zero-order valence-electron chi connectivity index (χ0n) is 18.1. The van der Waals surface area contributed by atoms with E-state index in [0.29, 0.717) is 17.1 Å². The summed E-state index contributed by atoms with van der Waals surface area (Å²) in [6.45, 7) is 0.991. The van der Waals surface area contributed by atoms with Gasteiger partial charge < -0.3 is 19.3 Å². The van der Waals surface area contributed by atoms with Crippen LogP contribution in [0.2, 0.25) is 0 Å². The normalized spacial score (nSPS) is 11.8. The first-order valence-electron chi connectivity index (χ1n) is 9.48. The quantitative estimate of drug-likeness (QED) is 0.482. The van der Waals surface area contributed by atoms with Gasteiger partial charge in [0.15, 0.2) is 0 Å². The topological polar surface area (TPSA) is 133 Å². The highest BCUT2D eigenvalue weighted by molar-refractivity contribution is 7.89. The predicted molar refractivity (Wildman–Crippen MR) is 113 cm³/mol. The van der Waals surface area contributed by atoms with Crippen LogP contribution in [-0.2, 0) is 27.5 Å². The standard InChI is InChI=1S/C20H19F3N4O6S/c1-11(28)25-13-5-7-15(18-26-19(33-27-18)20(21,22)23)17(8-13)34(29,30)24-10-12-4-6-14(31-2)9-16(12)32-3/h4-9,24H,10H2,1-3H3,(H,25,28). The van der Waals surface area contributed by atoms with Crippen molar-refractivity contribution in [3.8, 4) is 22.9 Å². The molecule has 0 aliphatic heterocycles. The molecule has 1 amide bonds. The molecule has 1 heterocycles. The van der Waals surface area contributed by atoms with E-state index in [4.69, 9.17) is 9.47 Å². The summed E-state index contributed by atoms with van der Waals surface area (Å²) in [7, 11) is -1.49. The number of rotatable bonds is 8. The molecule has 14 heteroatoms. The first kappa shape index (κ1) is 25.0. The van der Waals surface area contributed by atoms with E-state index in [2.05, 4.69) is 24.7 Å². The third-order valence-electron chi connectivity index (χ3n) is 4.45. The lowest BCUT2D eigenvalue weighted by molar-refractivity contribution is -0.159. The second kappa shape index (κ2) is 9.69. The van der Waals surface area contributed by atoms with Crippen LogP contribution in [0.5, 0.6) is 11.5 Å². The molecule has 2 N–H and O–H groups in total. The number of benzene rings is 2. The van der Waals surface area contributed by atoms with Gasteiger partial charge in [0.1, 0.15) is 11.5 Å². The van der Waals surface area contributed by atoms with Gasteiger partial charge in [-0.1, -0.05) is 11.2 Å². The van der Waals surface area contributed by atoms with Crippen LogP contribution >= 0.6 is 0 Å². The lowest BCUT2D eigenvalue weighted by Crippen LogP contribution is -2.24. The molecule has 2 aromatic carbocycles. The van der Waals surface area contributed by atoms with E-state index in [1.165, 1.54) is 33.3 Å². The van der Waals surface area contributed by atoms with Crippen molar-refractivity contribution in [3.63, 3.8) is 0 Å². The highest BCUT2D eigenvalue weighted by Crippen LogP contribution is 2.33. The molecule has 0 saturated heterocycles. The van der Waals surface area contributed by atoms with E-state index in [9.17, 15) is 26.4 Å². The van der Waals surface area contributed by atoms with Gasteiger partial charge in [-0.15, -0.1) is 0 Å². The van der Waals surface area contributed by atoms with Gasteiger partial charge in [-0.2, -0.15) is 18.2 Å². The number of alkyl halides is 3. The van der Waals surface area contributed by atoms with Crippen molar-refractivity contribution in [1.82, 2.24) is 14.9 Å². The smallest absolute Gasteiger partial charge is 0.471 e. The minimum atomic E-state index is -4.91. The minimum absolute atomic E-state index is 0.0955. The zero-order chi connectivity index (χ0) is 25.1. The van der Waals surface area contributed by atoms with Crippen LogP contribution in [0.15, 0.2) is 45.8 Å². The second-order valence-electron chi connectivity index (χ2n) is 6.82. The Hall–Kier alpha value is -3.65. The van der Waals surface area contributed by atoms with E-state index in [1.807, 2.05) is 0 Å². The molecule has 0 bridgehead atoms. The van der Waals surface area contributed by atoms with Crippen LogP contribution in [0.25, 0.3) is 11.4 Å². The molecule has 0 atom stereocenters. The van der Waals surface area contributed by atoms with Gasteiger partial charge in [0, 0.05) is 36.3 Å². The lowest BCUT2D eigenvalue weighted by atomic mass is 10.2. The Labute approximate surface area is 192 Å². The molecule has 0 unspecified atom stereocenters. The fourth-order valence-corrected chi connectivity index (χ4v) is 4.14. The molecule has 0 radical (unpaired) electrons. The second-order valence-corrected chi connectivity index (χ2v) is 8.55. The van der Waals surface area contributed by atoms with Crippen molar-refractivity contribution < 1.29 is 40.4 Å². The van der Waals surface area contributed by atoms with Gasteiger partial charge in [0.2, 0.25) is 21.8 Å². The molecule has 3 rings (SSSR count). The number of hydrogen-bond donors (Lipinski definition) is 2. The molecule has 34 heavy (non-hydrogen) atoms. The Morgan fingerprint density at radius 3 is 2.44 bits per heavy atom. The number of aromatic nitrogens is 2. The number of halogens is 3. The van der Waals surface area contributed by atoms with Crippen molar-refractivity contribution in [2.75, 3.05) is 19.5 Å². The molecule has 3 aromatic rings. The van der Waals surface area contributed by atoms with E-state index in [0.717, 1.165) is 6.07 Å². The molecule has 0 spiro atoms. The Morgan fingerprint density at radius 2 is 1.85 bits per heavy atom. The van der Waals surface area contributed by atoms with Crippen LogP contribution in [0, 0.1) is 0 Å². The summed E-state index contributed by atoms with van der Waals surface area (Å²) in [4.78, 5) is 14.2. The summed E-state index contributed by atoms with van der Waals surface area (Å²) < 4.78 is 82.0.